The fourth-order valence-corrected chi connectivity index (χ4v) is 3.92. The molecule has 2 aromatic carbocycles. The third kappa shape index (κ3) is 4.55. The molecule has 0 aliphatic rings. The van der Waals surface area contributed by atoms with Crippen molar-refractivity contribution < 1.29 is 23.1 Å². The second-order valence-corrected chi connectivity index (χ2v) is 7.75. The van der Waals surface area contributed by atoms with Gasteiger partial charge < -0.3 is 20.1 Å². The molecule has 28 heavy (non-hydrogen) atoms. The van der Waals surface area contributed by atoms with Gasteiger partial charge in [0.25, 0.3) is 10.0 Å². The number of aromatic amines is 1. The number of amides is 1. The second kappa shape index (κ2) is 8.22. The molecule has 0 unspecified atom stereocenters. The van der Waals surface area contributed by atoms with E-state index < -0.39 is 16.1 Å². The second-order valence-electron chi connectivity index (χ2n) is 6.07. The van der Waals surface area contributed by atoms with Crippen LogP contribution in [0.4, 0.5) is 10.5 Å². The van der Waals surface area contributed by atoms with E-state index in [1.165, 1.54) is 6.07 Å². The number of hydrogen-bond acceptors (Lipinski definition) is 4. The normalized spacial score (nSPS) is 11.3. The van der Waals surface area contributed by atoms with Crippen molar-refractivity contribution in [3.63, 3.8) is 0 Å². The number of sulfonamides is 1. The highest BCUT2D eigenvalue weighted by molar-refractivity contribution is 7.92. The molecule has 3 rings (SSSR count). The number of H-pyrrole nitrogens is 1. The number of fused-ring (bicyclic) bond motifs is 1. The lowest BCUT2D eigenvalue weighted by Crippen LogP contribution is -2.23. The molecule has 9 heteroatoms. The predicted octanol–water partition coefficient (Wildman–Crippen LogP) is 3.18. The lowest BCUT2D eigenvalue weighted by Gasteiger charge is -2.10. The van der Waals surface area contributed by atoms with Crippen molar-refractivity contribution in [3.8, 4) is 5.75 Å². The number of benzene rings is 2. The first kappa shape index (κ1) is 19.6. The minimum absolute atomic E-state index is 0.126. The maximum atomic E-state index is 12.7. The van der Waals surface area contributed by atoms with Gasteiger partial charge in [0, 0.05) is 29.3 Å². The van der Waals surface area contributed by atoms with Crippen LogP contribution in [-0.2, 0) is 16.4 Å². The van der Waals surface area contributed by atoms with E-state index in [0.29, 0.717) is 24.5 Å². The average molecular weight is 403 g/mol. The topological polar surface area (TPSA) is 121 Å². The Morgan fingerprint density at radius 3 is 2.61 bits per heavy atom. The van der Waals surface area contributed by atoms with Crippen molar-refractivity contribution in [2.24, 2.45) is 0 Å². The number of ether oxygens (including phenoxy) is 1. The van der Waals surface area contributed by atoms with E-state index in [1.54, 1.807) is 42.6 Å². The van der Waals surface area contributed by atoms with Crippen molar-refractivity contribution >= 4 is 32.7 Å². The summed E-state index contributed by atoms with van der Waals surface area (Å²) in [4.78, 5) is 13.8. The Bertz CT molecular complexity index is 1070. The summed E-state index contributed by atoms with van der Waals surface area (Å²) in [6.45, 7) is 2.65. The number of carboxylic acid groups (broad SMARTS) is 1. The van der Waals surface area contributed by atoms with Crippen LogP contribution >= 0.6 is 0 Å². The predicted molar refractivity (Wildman–Crippen MR) is 106 cm³/mol. The molecule has 1 heterocycles. The van der Waals surface area contributed by atoms with Crippen LogP contribution in [0.5, 0.6) is 5.75 Å². The van der Waals surface area contributed by atoms with Gasteiger partial charge in [-0.15, -0.1) is 0 Å². The number of carbonyl (C=O) groups is 1. The van der Waals surface area contributed by atoms with Gasteiger partial charge in [0.05, 0.1) is 11.5 Å². The Hall–Kier alpha value is -3.20. The van der Waals surface area contributed by atoms with Gasteiger partial charge in [0.2, 0.25) is 0 Å². The minimum Gasteiger partial charge on any atom is -0.494 e. The van der Waals surface area contributed by atoms with Crippen molar-refractivity contribution in [2.45, 2.75) is 18.2 Å². The monoisotopic (exact) mass is 403 g/mol. The number of hydrogen-bond donors (Lipinski definition) is 4. The largest absolute Gasteiger partial charge is 0.494 e. The molecule has 0 bridgehead atoms. The summed E-state index contributed by atoms with van der Waals surface area (Å²) in [5, 5.41) is 11.7. The van der Waals surface area contributed by atoms with Crippen molar-refractivity contribution in [1.29, 1.82) is 0 Å². The third-order valence-electron chi connectivity index (χ3n) is 4.14. The zero-order valence-corrected chi connectivity index (χ0v) is 16.0. The fourth-order valence-electron chi connectivity index (χ4n) is 2.84. The molecular formula is C19H21N3O5S. The molecule has 0 spiro atoms. The standard InChI is InChI=1S/C19H21N3O5S/c1-2-27-15-5-3-14(4-6-15)22-28(25,26)16-7-8-18-17(11-16)13(12-21-18)9-10-20-19(23)24/h3-8,11-12,20-22H,2,9-10H2,1H3,(H,23,24). The molecule has 0 radical (unpaired) electrons. The summed E-state index contributed by atoms with van der Waals surface area (Å²) < 4.78 is 33.4. The van der Waals surface area contributed by atoms with Gasteiger partial charge in [-0.05, 0) is 61.4 Å². The molecule has 0 aliphatic carbocycles. The summed E-state index contributed by atoms with van der Waals surface area (Å²) in [5.74, 6) is 0.666. The summed E-state index contributed by atoms with van der Waals surface area (Å²) in [7, 11) is -3.77. The summed E-state index contributed by atoms with van der Waals surface area (Å²) in [5.41, 5.74) is 2.05. The molecule has 0 fully saturated rings. The van der Waals surface area contributed by atoms with Crippen LogP contribution in [-0.4, -0.2) is 37.8 Å². The van der Waals surface area contributed by atoms with Crippen molar-refractivity contribution in [3.05, 3.63) is 54.2 Å². The van der Waals surface area contributed by atoms with Gasteiger partial charge in [-0.25, -0.2) is 13.2 Å². The Balaban J connectivity index is 1.81. The lowest BCUT2D eigenvalue weighted by atomic mass is 10.1. The lowest BCUT2D eigenvalue weighted by molar-refractivity contribution is 0.194. The summed E-state index contributed by atoms with van der Waals surface area (Å²) in [6.07, 6.45) is 1.11. The molecule has 0 atom stereocenters. The van der Waals surface area contributed by atoms with E-state index in [9.17, 15) is 13.2 Å². The quantitative estimate of drug-likeness (QED) is 0.460. The molecule has 0 aliphatic heterocycles. The zero-order chi connectivity index (χ0) is 20.1. The highest BCUT2D eigenvalue weighted by Crippen LogP contribution is 2.25. The Morgan fingerprint density at radius 1 is 1.18 bits per heavy atom. The fraction of sp³-hybridized carbons (Fsp3) is 0.211. The van der Waals surface area contributed by atoms with Crippen molar-refractivity contribution in [2.75, 3.05) is 17.9 Å². The van der Waals surface area contributed by atoms with E-state index in [0.717, 1.165) is 16.5 Å². The van der Waals surface area contributed by atoms with Crippen molar-refractivity contribution in [1.82, 2.24) is 10.3 Å². The average Bonchev–Trinajstić information content (AvgIpc) is 3.05. The molecular weight excluding hydrogens is 382 g/mol. The molecule has 0 saturated heterocycles. The highest BCUT2D eigenvalue weighted by Gasteiger charge is 2.16. The van der Waals surface area contributed by atoms with Crippen LogP contribution in [0.25, 0.3) is 10.9 Å². The van der Waals surface area contributed by atoms with Crippen LogP contribution < -0.4 is 14.8 Å². The maximum Gasteiger partial charge on any atom is 0.404 e. The maximum absolute atomic E-state index is 12.7. The molecule has 8 nitrogen and oxygen atoms in total. The van der Waals surface area contributed by atoms with Crippen LogP contribution in [0.1, 0.15) is 12.5 Å². The van der Waals surface area contributed by atoms with Gasteiger partial charge in [-0.3, -0.25) is 4.72 Å². The SMILES string of the molecule is CCOc1ccc(NS(=O)(=O)c2ccc3[nH]cc(CCNC(=O)O)c3c2)cc1. The number of rotatable bonds is 8. The molecule has 1 amide bonds. The zero-order valence-electron chi connectivity index (χ0n) is 15.2. The molecule has 0 saturated carbocycles. The van der Waals surface area contributed by atoms with E-state index in [-0.39, 0.29) is 11.4 Å². The number of anilines is 1. The Kier molecular flexibility index (Phi) is 5.74. The van der Waals surface area contributed by atoms with Gasteiger partial charge in [-0.2, -0.15) is 0 Å². The van der Waals surface area contributed by atoms with Crippen LogP contribution in [0.2, 0.25) is 0 Å². The van der Waals surface area contributed by atoms with Gasteiger partial charge >= 0.3 is 6.09 Å². The van der Waals surface area contributed by atoms with Gasteiger partial charge in [0.15, 0.2) is 0 Å². The smallest absolute Gasteiger partial charge is 0.404 e. The van der Waals surface area contributed by atoms with E-state index in [4.69, 9.17) is 9.84 Å². The molecule has 4 N–H and O–H groups in total. The van der Waals surface area contributed by atoms with E-state index >= 15 is 0 Å². The first-order valence-electron chi connectivity index (χ1n) is 8.71. The van der Waals surface area contributed by atoms with Crippen LogP contribution in [0.3, 0.4) is 0 Å². The molecule has 3 aromatic rings. The number of aromatic nitrogens is 1. The first-order valence-corrected chi connectivity index (χ1v) is 10.2. The highest BCUT2D eigenvalue weighted by atomic mass is 32.2. The minimum atomic E-state index is -3.77. The Labute approximate surface area is 162 Å². The number of nitrogens with one attached hydrogen (secondary N) is 3. The van der Waals surface area contributed by atoms with E-state index in [1.807, 2.05) is 6.92 Å². The van der Waals surface area contributed by atoms with E-state index in [2.05, 4.69) is 15.0 Å². The summed E-state index contributed by atoms with van der Waals surface area (Å²) >= 11 is 0. The third-order valence-corrected chi connectivity index (χ3v) is 5.52. The first-order chi connectivity index (χ1) is 13.4. The van der Waals surface area contributed by atoms with Crippen LogP contribution in [0, 0.1) is 0 Å². The summed E-state index contributed by atoms with van der Waals surface area (Å²) in [6, 6.07) is 11.5. The van der Waals surface area contributed by atoms with Crippen LogP contribution in [0.15, 0.2) is 53.6 Å². The van der Waals surface area contributed by atoms with Gasteiger partial charge in [0.1, 0.15) is 5.75 Å². The Morgan fingerprint density at radius 2 is 1.93 bits per heavy atom. The molecule has 1 aromatic heterocycles. The molecule has 148 valence electrons. The van der Waals surface area contributed by atoms with Gasteiger partial charge in [-0.1, -0.05) is 0 Å².